The van der Waals surface area contributed by atoms with Gasteiger partial charge in [0.1, 0.15) is 4.83 Å². The fraction of sp³-hybridized carbons (Fsp3) is 0. The molecule has 0 N–H and O–H groups in total. The van der Waals surface area contributed by atoms with Crippen molar-refractivity contribution in [1.82, 2.24) is 14.4 Å². The minimum absolute atomic E-state index is 1.04. The maximum Gasteiger partial charge on any atom is 0.110 e. The first kappa shape index (κ1) is 14.5. The molecule has 0 unspecified atom stereocenters. The Bertz CT molecular complexity index is 1670. The zero-order valence-electron chi connectivity index (χ0n) is 14.8. The van der Waals surface area contributed by atoms with Gasteiger partial charge in [-0.1, -0.05) is 42.5 Å². The van der Waals surface area contributed by atoms with E-state index in [0.29, 0.717) is 0 Å². The van der Waals surface area contributed by atoms with Gasteiger partial charge in [-0.3, -0.25) is 14.4 Å². The van der Waals surface area contributed by atoms with Crippen molar-refractivity contribution in [2.75, 3.05) is 0 Å². The molecule has 5 aromatic heterocycles. The second kappa shape index (κ2) is 5.06. The van der Waals surface area contributed by atoms with Crippen LogP contribution in [-0.2, 0) is 0 Å². The molecular weight excluding hydrogens is 362 g/mol. The smallest absolute Gasteiger partial charge is 0.110 e. The highest BCUT2D eigenvalue weighted by Crippen LogP contribution is 2.43. The Balaban J connectivity index is 1.66. The van der Waals surface area contributed by atoms with Crippen LogP contribution in [0.15, 0.2) is 79.1 Å². The fourth-order valence-corrected chi connectivity index (χ4v) is 5.66. The highest BCUT2D eigenvalue weighted by Gasteiger charge is 2.21. The summed E-state index contributed by atoms with van der Waals surface area (Å²) in [7, 11) is 0. The molecule has 0 spiro atoms. The molecule has 28 heavy (non-hydrogen) atoms. The first-order valence-electron chi connectivity index (χ1n) is 9.27. The molecule has 0 aliphatic carbocycles. The Kier molecular flexibility index (Phi) is 2.63. The van der Waals surface area contributed by atoms with E-state index in [4.69, 9.17) is 9.97 Å². The highest BCUT2D eigenvalue weighted by atomic mass is 32.1. The Hall–Kier alpha value is -3.50. The summed E-state index contributed by atoms with van der Waals surface area (Å²) < 4.78 is 2.38. The molecule has 0 amide bonds. The number of rotatable bonds is 1. The number of para-hydroxylation sites is 1. The van der Waals surface area contributed by atoms with Crippen LogP contribution in [-0.4, -0.2) is 14.4 Å². The average molecular weight is 375 g/mol. The maximum absolute atomic E-state index is 4.75. The van der Waals surface area contributed by atoms with E-state index >= 15 is 0 Å². The summed E-state index contributed by atoms with van der Waals surface area (Å²) in [4.78, 5) is 11.9. The van der Waals surface area contributed by atoms with Crippen molar-refractivity contribution >= 4 is 59.6 Å². The lowest BCUT2D eigenvalue weighted by Crippen LogP contribution is -1.83. The molecule has 3 nitrogen and oxygen atoms in total. The van der Waals surface area contributed by atoms with E-state index in [0.717, 1.165) is 11.2 Å². The van der Waals surface area contributed by atoms with Crippen LogP contribution in [0.2, 0.25) is 0 Å². The third-order valence-electron chi connectivity index (χ3n) is 5.66. The van der Waals surface area contributed by atoms with Crippen molar-refractivity contribution in [1.29, 1.82) is 0 Å². The quantitative estimate of drug-likeness (QED) is 0.327. The molecule has 0 fully saturated rings. The normalized spacial score (nSPS) is 12.3. The highest BCUT2D eigenvalue weighted by molar-refractivity contribution is 7.22. The third-order valence-corrected chi connectivity index (χ3v) is 6.79. The zero-order valence-corrected chi connectivity index (χ0v) is 15.6. The summed E-state index contributed by atoms with van der Waals surface area (Å²) in [5.41, 5.74) is 4.58. The van der Waals surface area contributed by atoms with Crippen LogP contribution in [0.3, 0.4) is 0 Å². The molecule has 0 radical (unpaired) electrons. The molecule has 0 bridgehead atoms. The molecule has 7 rings (SSSR count). The summed E-state index contributed by atoms with van der Waals surface area (Å²) in [5, 5.41) is 6.17. The molecule has 0 saturated heterocycles. The van der Waals surface area contributed by atoms with E-state index in [1.165, 1.54) is 47.7 Å². The van der Waals surface area contributed by atoms with E-state index < -0.39 is 0 Å². The number of hydrogen-bond acceptors (Lipinski definition) is 3. The van der Waals surface area contributed by atoms with Crippen LogP contribution >= 0.6 is 11.3 Å². The van der Waals surface area contributed by atoms with Crippen molar-refractivity contribution in [3.8, 4) is 10.6 Å². The van der Waals surface area contributed by atoms with E-state index in [9.17, 15) is 0 Å². The summed E-state index contributed by atoms with van der Waals surface area (Å²) in [6.07, 6.45) is 3.83. The number of aromatic nitrogens is 3. The SMILES string of the molecule is c1ccc2c(-c3cc4c5nccc6c7ccccc7n(c4s3)c65)nccc2c1. The topological polar surface area (TPSA) is 30.2 Å². The van der Waals surface area contributed by atoms with Gasteiger partial charge >= 0.3 is 0 Å². The van der Waals surface area contributed by atoms with Crippen LogP contribution in [0.5, 0.6) is 0 Å². The monoisotopic (exact) mass is 375 g/mol. The Morgan fingerprint density at radius 3 is 2.50 bits per heavy atom. The van der Waals surface area contributed by atoms with Gasteiger partial charge in [-0.15, -0.1) is 11.3 Å². The average Bonchev–Trinajstić information content (AvgIpc) is 3.40. The third kappa shape index (κ3) is 1.69. The number of fused-ring (bicyclic) bond motifs is 7. The largest absolute Gasteiger partial charge is 0.298 e. The number of hydrogen-bond donors (Lipinski definition) is 0. The van der Waals surface area contributed by atoms with Crippen LogP contribution < -0.4 is 0 Å². The first-order chi connectivity index (χ1) is 13.9. The van der Waals surface area contributed by atoms with Crippen molar-refractivity contribution < 1.29 is 0 Å². The Labute approximate surface area is 163 Å². The molecule has 2 aromatic carbocycles. The Morgan fingerprint density at radius 1 is 0.714 bits per heavy atom. The van der Waals surface area contributed by atoms with Gasteiger partial charge in [0.15, 0.2) is 0 Å². The van der Waals surface area contributed by atoms with Crippen LogP contribution in [0, 0.1) is 0 Å². The lowest BCUT2D eigenvalue weighted by molar-refractivity contribution is 1.37. The molecule has 5 heterocycles. The summed E-state index contributed by atoms with van der Waals surface area (Å²) in [6.45, 7) is 0. The van der Waals surface area contributed by atoms with Gasteiger partial charge in [-0.05, 0) is 29.7 Å². The van der Waals surface area contributed by atoms with Crippen molar-refractivity contribution in [2.24, 2.45) is 0 Å². The Morgan fingerprint density at radius 2 is 1.54 bits per heavy atom. The van der Waals surface area contributed by atoms with Gasteiger partial charge in [0, 0.05) is 33.9 Å². The van der Waals surface area contributed by atoms with Crippen molar-refractivity contribution in [3.63, 3.8) is 0 Å². The van der Waals surface area contributed by atoms with Gasteiger partial charge in [0.25, 0.3) is 0 Å². The van der Waals surface area contributed by atoms with Crippen LogP contribution in [0.1, 0.15) is 0 Å². The second-order valence-corrected chi connectivity index (χ2v) is 8.15. The second-order valence-electron chi connectivity index (χ2n) is 7.12. The lowest BCUT2D eigenvalue weighted by Gasteiger charge is -2.02. The first-order valence-corrected chi connectivity index (χ1v) is 10.1. The summed E-state index contributed by atoms with van der Waals surface area (Å²) in [6, 6.07) is 23.5. The molecule has 130 valence electrons. The predicted molar refractivity (Wildman–Crippen MR) is 118 cm³/mol. The van der Waals surface area contributed by atoms with Crippen LogP contribution in [0.25, 0.3) is 58.9 Å². The summed E-state index contributed by atoms with van der Waals surface area (Å²) >= 11 is 1.80. The maximum atomic E-state index is 4.75. The van der Waals surface area contributed by atoms with E-state index in [1.54, 1.807) is 11.3 Å². The molecule has 4 heteroatoms. The van der Waals surface area contributed by atoms with Gasteiger partial charge in [0.05, 0.1) is 27.1 Å². The van der Waals surface area contributed by atoms with Gasteiger partial charge < -0.3 is 0 Å². The number of thiophene rings is 1. The number of pyridine rings is 2. The molecule has 0 aliphatic heterocycles. The minimum Gasteiger partial charge on any atom is -0.298 e. The fourth-order valence-electron chi connectivity index (χ4n) is 4.47. The number of nitrogens with zero attached hydrogens (tertiary/aromatic N) is 3. The van der Waals surface area contributed by atoms with E-state index in [-0.39, 0.29) is 0 Å². The molecule has 0 saturated carbocycles. The predicted octanol–water partition coefficient (Wildman–Crippen LogP) is 6.51. The van der Waals surface area contributed by atoms with E-state index in [2.05, 4.69) is 71.1 Å². The van der Waals surface area contributed by atoms with Gasteiger partial charge in [-0.25, -0.2) is 0 Å². The van der Waals surface area contributed by atoms with Crippen molar-refractivity contribution in [3.05, 3.63) is 79.1 Å². The van der Waals surface area contributed by atoms with E-state index in [1.807, 2.05) is 12.4 Å². The standard InChI is InChI=1S/C24H13N3S/c1-2-6-15-14(5-1)9-11-25-21(15)20-13-18-22-23-17(10-12-26-22)16-7-3-4-8-19(16)27(23)24(18)28-20/h1-13H. The molecular formula is C24H13N3S. The zero-order chi connectivity index (χ0) is 18.2. The summed E-state index contributed by atoms with van der Waals surface area (Å²) in [5.74, 6) is 0. The van der Waals surface area contributed by atoms with Crippen LogP contribution in [0.4, 0.5) is 0 Å². The molecule has 0 aliphatic rings. The van der Waals surface area contributed by atoms with Gasteiger partial charge in [-0.2, -0.15) is 0 Å². The molecule has 0 atom stereocenters. The molecule has 7 aromatic rings. The van der Waals surface area contributed by atoms with Crippen molar-refractivity contribution in [2.45, 2.75) is 0 Å². The van der Waals surface area contributed by atoms with Gasteiger partial charge in [0.2, 0.25) is 0 Å². The lowest BCUT2D eigenvalue weighted by atomic mass is 10.1. The number of benzene rings is 2. The minimum atomic E-state index is 1.04.